The first-order valence-corrected chi connectivity index (χ1v) is 8.62. The molecule has 3 heteroatoms. The fourth-order valence-electron chi connectivity index (χ4n) is 3.45. The van der Waals surface area contributed by atoms with Crippen LogP contribution in [-0.2, 0) is 0 Å². The zero-order valence-corrected chi connectivity index (χ0v) is 12.2. The average Bonchev–Trinajstić information content (AvgIpc) is 3.27. The van der Waals surface area contributed by atoms with Crippen LogP contribution < -0.4 is 11.3 Å². The topological polar surface area (TPSA) is 38.0 Å². The predicted molar refractivity (Wildman–Crippen MR) is 83.1 cm³/mol. The molecule has 2 nitrogen and oxygen atoms in total. The quantitative estimate of drug-likeness (QED) is 0.641. The summed E-state index contributed by atoms with van der Waals surface area (Å²) in [6.07, 6.45) is 5.34. The monoisotopic (exact) mass is 276 g/mol. The molecule has 19 heavy (non-hydrogen) atoms. The highest BCUT2D eigenvalue weighted by Gasteiger charge is 2.43. The number of hydrogen-bond acceptors (Lipinski definition) is 3. The average molecular weight is 276 g/mol. The Hall–Kier alpha value is -0.510. The van der Waals surface area contributed by atoms with Gasteiger partial charge in [0, 0.05) is 6.04 Å². The second-order valence-electron chi connectivity index (χ2n) is 5.98. The molecule has 2 fully saturated rings. The maximum Gasteiger partial charge on any atom is 0.0247 e. The van der Waals surface area contributed by atoms with Crippen molar-refractivity contribution >= 4 is 11.8 Å². The Morgan fingerprint density at radius 1 is 1.21 bits per heavy atom. The molecule has 1 heterocycles. The smallest absolute Gasteiger partial charge is 0.0247 e. The third-order valence-corrected chi connectivity index (χ3v) is 5.78. The van der Waals surface area contributed by atoms with Crippen molar-refractivity contribution in [3.63, 3.8) is 0 Å². The molecule has 1 aliphatic heterocycles. The van der Waals surface area contributed by atoms with E-state index in [0.717, 1.165) is 17.8 Å². The number of hydrogen-bond donors (Lipinski definition) is 2. The summed E-state index contributed by atoms with van der Waals surface area (Å²) in [6, 6.07) is 11.4. The fourth-order valence-corrected chi connectivity index (χ4v) is 4.65. The number of nitrogens with one attached hydrogen (secondary N) is 1. The Bertz CT molecular complexity index is 389. The molecule has 3 rings (SSSR count). The van der Waals surface area contributed by atoms with E-state index in [9.17, 15) is 0 Å². The van der Waals surface area contributed by atoms with Gasteiger partial charge in [-0.25, -0.2) is 0 Å². The van der Waals surface area contributed by atoms with Gasteiger partial charge in [-0.15, -0.1) is 0 Å². The Labute approximate surface area is 120 Å². The lowest BCUT2D eigenvalue weighted by Gasteiger charge is -2.26. The van der Waals surface area contributed by atoms with Crippen LogP contribution in [0.25, 0.3) is 0 Å². The van der Waals surface area contributed by atoms with Crippen molar-refractivity contribution in [1.82, 2.24) is 5.43 Å². The Morgan fingerprint density at radius 2 is 1.95 bits per heavy atom. The van der Waals surface area contributed by atoms with Crippen molar-refractivity contribution in [2.24, 2.45) is 17.7 Å². The summed E-state index contributed by atoms with van der Waals surface area (Å²) in [5, 5.41) is 0. The predicted octanol–water partition coefficient (Wildman–Crippen LogP) is 3.16. The van der Waals surface area contributed by atoms with Crippen LogP contribution in [0.3, 0.4) is 0 Å². The van der Waals surface area contributed by atoms with Crippen molar-refractivity contribution in [2.75, 3.05) is 11.5 Å². The van der Waals surface area contributed by atoms with E-state index in [-0.39, 0.29) is 0 Å². The minimum atomic E-state index is 0.512. The molecule has 1 aromatic rings. The molecule has 1 saturated carbocycles. The van der Waals surface area contributed by atoms with Crippen LogP contribution in [0.2, 0.25) is 0 Å². The molecule has 2 aliphatic rings. The molecule has 3 N–H and O–H groups in total. The third-order valence-electron chi connectivity index (χ3n) is 4.73. The van der Waals surface area contributed by atoms with Crippen molar-refractivity contribution in [2.45, 2.75) is 37.6 Å². The lowest BCUT2D eigenvalue weighted by Crippen LogP contribution is -2.39. The first-order chi connectivity index (χ1) is 9.38. The molecule has 0 amide bonds. The van der Waals surface area contributed by atoms with Crippen LogP contribution >= 0.6 is 11.8 Å². The molecule has 1 aliphatic carbocycles. The zero-order valence-electron chi connectivity index (χ0n) is 11.4. The summed E-state index contributed by atoms with van der Waals surface area (Å²) in [6.45, 7) is 0. The molecule has 3 atom stereocenters. The first-order valence-electron chi connectivity index (χ1n) is 7.47. The fraction of sp³-hybridized carbons (Fsp3) is 0.625. The van der Waals surface area contributed by atoms with Crippen molar-refractivity contribution in [1.29, 1.82) is 0 Å². The van der Waals surface area contributed by atoms with Gasteiger partial charge in [0.25, 0.3) is 0 Å². The second-order valence-corrected chi connectivity index (χ2v) is 7.21. The van der Waals surface area contributed by atoms with Gasteiger partial charge in [0.15, 0.2) is 0 Å². The van der Waals surface area contributed by atoms with E-state index in [1.54, 1.807) is 0 Å². The van der Waals surface area contributed by atoms with Gasteiger partial charge in [-0.05, 0) is 60.5 Å². The standard InChI is InChI=1S/C16H24N2S/c17-18-16(10-12-6-8-19-9-7-12)15-11-14(15)13-4-2-1-3-5-13/h1-5,12,14-16,18H,6-11,17H2. The summed E-state index contributed by atoms with van der Waals surface area (Å²) < 4.78 is 0. The van der Waals surface area contributed by atoms with E-state index < -0.39 is 0 Å². The zero-order chi connectivity index (χ0) is 13.1. The van der Waals surface area contributed by atoms with Crippen LogP contribution in [0.1, 0.15) is 37.2 Å². The molecule has 0 aromatic heterocycles. The van der Waals surface area contributed by atoms with Gasteiger partial charge in [-0.2, -0.15) is 11.8 Å². The Balaban J connectivity index is 1.55. The molecule has 1 aromatic carbocycles. The van der Waals surface area contributed by atoms with Gasteiger partial charge in [0.05, 0.1) is 0 Å². The normalized spacial score (nSPS) is 29.1. The summed E-state index contributed by atoms with van der Waals surface area (Å²) in [5.41, 5.74) is 4.60. The van der Waals surface area contributed by atoms with E-state index in [4.69, 9.17) is 5.84 Å². The summed E-state index contributed by atoms with van der Waals surface area (Å²) >= 11 is 2.10. The Morgan fingerprint density at radius 3 is 2.63 bits per heavy atom. The number of hydrazine groups is 1. The van der Waals surface area contributed by atoms with Crippen LogP contribution in [0.15, 0.2) is 30.3 Å². The highest BCUT2D eigenvalue weighted by atomic mass is 32.2. The minimum absolute atomic E-state index is 0.512. The van der Waals surface area contributed by atoms with Crippen molar-refractivity contribution < 1.29 is 0 Å². The van der Waals surface area contributed by atoms with Crippen LogP contribution in [0.4, 0.5) is 0 Å². The molecule has 0 radical (unpaired) electrons. The third kappa shape index (κ3) is 3.33. The van der Waals surface area contributed by atoms with Crippen LogP contribution in [-0.4, -0.2) is 17.5 Å². The van der Waals surface area contributed by atoms with Gasteiger partial charge >= 0.3 is 0 Å². The molecule has 104 valence electrons. The first kappa shape index (κ1) is 13.5. The lowest BCUT2D eigenvalue weighted by atomic mass is 9.91. The maximum atomic E-state index is 5.82. The molecule has 1 saturated heterocycles. The Kier molecular flexibility index (Phi) is 4.46. The van der Waals surface area contributed by atoms with Gasteiger partial charge in [-0.3, -0.25) is 11.3 Å². The van der Waals surface area contributed by atoms with Gasteiger partial charge in [0.2, 0.25) is 0 Å². The van der Waals surface area contributed by atoms with E-state index in [2.05, 4.69) is 47.5 Å². The SMILES string of the molecule is NNC(CC1CCSCC1)C1CC1c1ccccc1. The molecule has 0 spiro atoms. The van der Waals surface area contributed by atoms with E-state index in [1.807, 2.05) is 0 Å². The summed E-state index contributed by atoms with van der Waals surface area (Å²) in [4.78, 5) is 0. The molecule has 3 unspecified atom stereocenters. The second kappa shape index (κ2) is 6.29. The molecular formula is C16H24N2S. The number of benzene rings is 1. The van der Waals surface area contributed by atoms with E-state index in [1.165, 1.54) is 42.8 Å². The van der Waals surface area contributed by atoms with Gasteiger partial charge < -0.3 is 0 Å². The highest BCUT2D eigenvalue weighted by molar-refractivity contribution is 7.99. The number of thioether (sulfide) groups is 1. The van der Waals surface area contributed by atoms with Crippen LogP contribution in [0.5, 0.6) is 0 Å². The minimum Gasteiger partial charge on any atom is -0.271 e. The number of nitrogens with two attached hydrogens (primary N) is 1. The van der Waals surface area contributed by atoms with Gasteiger partial charge in [0.1, 0.15) is 0 Å². The maximum absolute atomic E-state index is 5.82. The van der Waals surface area contributed by atoms with Gasteiger partial charge in [-0.1, -0.05) is 30.3 Å². The molecule has 0 bridgehead atoms. The summed E-state index contributed by atoms with van der Waals surface area (Å²) in [7, 11) is 0. The van der Waals surface area contributed by atoms with E-state index >= 15 is 0 Å². The lowest BCUT2D eigenvalue weighted by molar-refractivity contribution is 0.339. The highest BCUT2D eigenvalue weighted by Crippen LogP contribution is 2.50. The van der Waals surface area contributed by atoms with Crippen molar-refractivity contribution in [3.05, 3.63) is 35.9 Å². The molecular weight excluding hydrogens is 252 g/mol. The van der Waals surface area contributed by atoms with Crippen LogP contribution in [0, 0.1) is 11.8 Å². The van der Waals surface area contributed by atoms with E-state index in [0.29, 0.717) is 6.04 Å². The van der Waals surface area contributed by atoms with Crippen molar-refractivity contribution in [3.8, 4) is 0 Å². The summed E-state index contributed by atoms with van der Waals surface area (Å²) in [5.74, 6) is 10.9. The largest absolute Gasteiger partial charge is 0.271 e. The number of rotatable bonds is 5.